The number of morpholine rings is 1. The maximum Gasteiger partial charge on any atom is 0.274 e. The minimum atomic E-state index is -0.301. The summed E-state index contributed by atoms with van der Waals surface area (Å²) in [6, 6.07) is 14.3. The number of nitrogens with zero attached hydrogens (tertiary/aromatic N) is 3. The van der Waals surface area contributed by atoms with Gasteiger partial charge in [0, 0.05) is 34.9 Å². The predicted molar refractivity (Wildman–Crippen MR) is 105 cm³/mol. The zero-order chi connectivity index (χ0) is 19.1. The summed E-state index contributed by atoms with van der Waals surface area (Å²) in [6.07, 6.45) is 0. The van der Waals surface area contributed by atoms with Gasteiger partial charge < -0.3 is 9.64 Å². The van der Waals surface area contributed by atoms with Crippen LogP contribution in [0.4, 0.5) is 4.39 Å². The van der Waals surface area contributed by atoms with Crippen LogP contribution in [0.15, 0.2) is 53.4 Å². The van der Waals surface area contributed by atoms with E-state index in [9.17, 15) is 9.18 Å². The van der Waals surface area contributed by atoms with Crippen LogP contribution in [0, 0.1) is 5.82 Å². The van der Waals surface area contributed by atoms with E-state index in [2.05, 4.69) is 6.07 Å². The molecule has 3 heterocycles. The molecule has 0 aliphatic carbocycles. The van der Waals surface area contributed by atoms with Crippen molar-refractivity contribution >= 4 is 17.7 Å². The van der Waals surface area contributed by atoms with Crippen LogP contribution in [0.3, 0.4) is 0 Å². The van der Waals surface area contributed by atoms with Crippen molar-refractivity contribution < 1.29 is 13.9 Å². The number of ether oxygens (including phenoxy) is 1. The van der Waals surface area contributed by atoms with Crippen molar-refractivity contribution in [3.05, 3.63) is 65.6 Å². The van der Waals surface area contributed by atoms with E-state index in [1.165, 1.54) is 12.1 Å². The molecular formula is C21H18FN3O2S. The molecule has 0 spiro atoms. The van der Waals surface area contributed by atoms with Crippen LogP contribution < -0.4 is 0 Å². The van der Waals surface area contributed by atoms with Gasteiger partial charge in [-0.1, -0.05) is 18.2 Å². The fourth-order valence-electron chi connectivity index (χ4n) is 3.66. The van der Waals surface area contributed by atoms with Gasteiger partial charge in [0.15, 0.2) is 5.69 Å². The summed E-state index contributed by atoms with van der Waals surface area (Å²) >= 11 is 1.71. The first-order valence-electron chi connectivity index (χ1n) is 9.19. The molecule has 28 heavy (non-hydrogen) atoms. The molecule has 1 fully saturated rings. The number of amides is 1. The lowest BCUT2D eigenvalue weighted by Crippen LogP contribution is -2.41. The van der Waals surface area contributed by atoms with Gasteiger partial charge in [-0.2, -0.15) is 5.10 Å². The molecule has 5 nitrogen and oxygen atoms in total. The van der Waals surface area contributed by atoms with Crippen molar-refractivity contribution in [1.82, 2.24) is 14.7 Å². The maximum atomic E-state index is 13.5. The summed E-state index contributed by atoms with van der Waals surface area (Å²) in [5, 5.41) is 4.71. The third-order valence-corrected chi connectivity index (χ3v) is 6.17. The molecule has 1 aromatic heterocycles. The van der Waals surface area contributed by atoms with E-state index in [-0.39, 0.29) is 11.7 Å². The fraction of sp³-hybridized carbons (Fsp3) is 0.238. The van der Waals surface area contributed by atoms with Crippen molar-refractivity contribution in [3.8, 4) is 16.9 Å². The lowest BCUT2D eigenvalue weighted by molar-refractivity contribution is 0.0298. The Kier molecular flexibility index (Phi) is 4.41. The standard InChI is InChI=1S/C21H18FN3O2S/c22-14-5-7-15(8-6-14)25-20-16-3-1-2-4-18(16)28-13-17(20)19(23-25)21(26)24-9-11-27-12-10-24/h1-8H,9-13H2. The highest BCUT2D eigenvalue weighted by molar-refractivity contribution is 7.98. The zero-order valence-electron chi connectivity index (χ0n) is 15.1. The Morgan fingerprint density at radius 1 is 1.07 bits per heavy atom. The quantitative estimate of drug-likeness (QED) is 0.663. The molecule has 0 radical (unpaired) electrons. The second-order valence-corrected chi connectivity index (χ2v) is 7.77. The second-order valence-electron chi connectivity index (χ2n) is 6.75. The monoisotopic (exact) mass is 395 g/mol. The van der Waals surface area contributed by atoms with Gasteiger partial charge in [-0.3, -0.25) is 4.79 Å². The van der Waals surface area contributed by atoms with E-state index < -0.39 is 0 Å². The minimum absolute atomic E-state index is 0.0691. The van der Waals surface area contributed by atoms with E-state index in [1.807, 2.05) is 18.2 Å². The van der Waals surface area contributed by atoms with Gasteiger partial charge in [-0.25, -0.2) is 9.07 Å². The number of fused-ring (bicyclic) bond motifs is 3. The molecule has 2 aliphatic heterocycles. The van der Waals surface area contributed by atoms with Crippen molar-refractivity contribution in [2.75, 3.05) is 26.3 Å². The molecule has 0 saturated carbocycles. The minimum Gasteiger partial charge on any atom is -0.378 e. The van der Waals surface area contributed by atoms with E-state index in [1.54, 1.807) is 33.5 Å². The summed E-state index contributed by atoms with van der Waals surface area (Å²) in [7, 11) is 0. The highest BCUT2D eigenvalue weighted by Gasteiger charge is 2.31. The number of hydrogen-bond acceptors (Lipinski definition) is 4. The molecule has 2 aliphatic rings. The average Bonchev–Trinajstić information content (AvgIpc) is 3.14. The van der Waals surface area contributed by atoms with Crippen LogP contribution in [0.1, 0.15) is 16.1 Å². The summed E-state index contributed by atoms with van der Waals surface area (Å²) in [6.45, 7) is 2.23. The summed E-state index contributed by atoms with van der Waals surface area (Å²) in [5.41, 5.74) is 4.11. The van der Waals surface area contributed by atoms with E-state index in [0.717, 1.165) is 27.4 Å². The SMILES string of the molecule is O=C(c1nn(-c2ccc(F)cc2)c2c1CSc1ccccc1-2)N1CCOCC1. The van der Waals surface area contributed by atoms with Gasteiger partial charge in [-0.15, -0.1) is 11.8 Å². The molecule has 1 amide bonds. The molecule has 0 bridgehead atoms. The normalized spacial score (nSPS) is 15.8. The smallest absolute Gasteiger partial charge is 0.274 e. The van der Waals surface area contributed by atoms with E-state index >= 15 is 0 Å². The lowest BCUT2D eigenvalue weighted by Gasteiger charge is -2.26. The van der Waals surface area contributed by atoms with Gasteiger partial charge in [0.05, 0.1) is 24.6 Å². The molecular weight excluding hydrogens is 377 g/mol. The van der Waals surface area contributed by atoms with Gasteiger partial charge in [0.25, 0.3) is 5.91 Å². The Labute approximate surface area is 166 Å². The number of carbonyl (C=O) groups excluding carboxylic acids is 1. The first kappa shape index (κ1) is 17.5. The van der Waals surface area contributed by atoms with Crippen LogP contribution >= 0.6 is 11.8 Å². The molecule has 1 saturated heterocycles. The van der Waals surface area contributed by atoms with Crippen molar-refractivity contribution in [2.45, 2.75) is 10.6 Å². The molecule has 5 rings (SSSR count). The zero-order valence-corrected chi connectivity index (χ0v) is 15.9. The molecule has 2 aromatic carbocycles. The van der Waals surface area contributed by atoms with Gasteiger partial charge in [0.2, 0.25) is 0 Å². The number of halogens is 1. The van der Waals surface area contributed by atoms with Gasteiger partial charge in [-0.05, 0) is 30.3 Å². The lowest BCUT2D eigenvalue weighted by atomic mass is 10.0. The van der Waals surface area contributed by atoms with Crippen LogP contribution in [0.25, 0.3) is 16.9 Å². The Balaban J connectivity index is 1.68. The molecule has 0 N–H and O–H groups in total. The summed E-state index contributed by atoms with van der Waals surface area (Å²) < 4.78 is 20.6. The first-order chi connectivity index (χ1) is 13.7. The molecule has 3 aromatic rings. The molecule has 7 heteroatoms. The van der Waals surface area contributed by atoms with Gasteiger partial charge >= 0.3 is 0 Å². The third-order valence-electron chi connectivity index (χ3n) is 5.07. The Hall–Kier alpha value is -2.64. The second kappa shape index (κ2) is 7.07. The van der Waals surface area contributed by atoms with Crippen molar-refractivity contribution in [3.63, 3.8) is 0 Å². The highest BCUT2D eigenvalue weighted by atomic mass is 32.2. The topological polar surface area (TPSA) is 47.4 Å². The Morgan fingerprint density at radius 3 is 2.61 bits per heavy atom. The van der Waals surface area contributed by atoms with Crippen LogP contribution in [0.5, 0.6) is 0 Å². The largest absolute Gasteiger partial charge is 0.378 e. The Morgan fingerprint density at radius 2 is 1.82 bits per heavy atom. The molecule has 142 valence electrons. The average molecular weight is 395 g/mol. The van der Waals surface area contributed by atoms with E-state index in [0.29, 0.717) is 37.8 Å². The third kappa shape index (κ3) is 2.91. The number of carbonyl (C=O) groups is 1. The maximum absolute atomic E-state index is 13.5. The van der Waals surface area contributed by atoms with Crippen LogP contribution in [0.2, 0.25) is 0 Å². The predicted octanol–water partition coefficient (Wildman–Crippen LogP) is 3.76. The summed E-state index contributed by atoms with van der Waals surface area (Å²) in [4.78, 5) is 16.2. The number of thioether (sulfide) groups is 1. The van der Waals surface area contributed by atoms with Gasteiger partial charge in [0.1, 0.15) is 5.82 Å². The highest BCUT2D eigenvalue weighted by Crippen LogP contribution is 2.43. The Bertz CT molecular complexity index is 1040. The van der Waals surface area contributed by atoms with Crippen molar-refractivity contribution in [2.24, 2.45) is 0 Å². The van der Waals surface area contributed by atoms with Crippen LogP contribution in [-0.2, 0) is 10.5 Å². The number of benzene rings is 2. The van der Waals surface area contributed by atoms with Crippen molar-refractivity contribution in [1.29, 1.82) is 0 Å². The van der Waals surface area contributed by atoms with Crippen LogP contribution in [-0.4, -0.2) is 46.9 Å². The number of aromatic nitrogens is 2. The number of rotatable bonds is 2. The van der Waals surface area contributed by atoms with E-state index in [4.69, 9.17) is 9.84 Å². The first-order valence-corrected chi connectivity index (χ1v) is 10.2. The number of hydrogen-bond donors (Lipinski definition) is 0. The summed E-state index contributed by atoms with van der Waals surface area (Å²) in [5.74, 6) is 0.310. The molecule has 0 atom stereocenters. The molecule has 0 unspecified atom stereocenters. The fourth-order valence-corrected chi connectivity index (χ4v) is 4.73.